The lowest BCUT2D eigenvalue weighted by Crippen LogP contribution is -2.64. The van der Waals surface area contributed by atoms with E-state index in [-0.39, 0.29) is 5.91 Å². The van der Waals surface area contributed by atoms with Crippen LogP contribution in [-0.4, -0.2) is 73.0 Å². The van der Waals surface area contributed by atoms with Crippen molar-refractivity contribution in [2.45, 2.75) is 45.6 Å². The number of ether oxygens (including phenoxy) is 1. The predicted molar refractivity (Wildman–Crippen MR) is 110 cm³/mol. The number of morpholine rings is 1. The summed E-state index contributed by atoms with van der Waals surface area (Å²) in [7, 11) is 1.65. The van der Waals surface area contributed by atoms with E-state index in [0.717, 1.165) is 16.7 Å². The average Bonchev–Trinajstić information content (AvgIpc) is 2.72. The molecule has 0 N–H and O–H groups in total. The maximum absolute atomic E-state index is 13.7. The van der Waals surface area contributed by atoms with E-state index in [1.165, 1.54) is 5.56 Å². The van der Waals surface area contributed by atoms with E-state index in [1.54, 1.807) is 12.1 Å². The van der Waals surface area contributed by atoms with Crippen LogP contribution < -0.4 is 0 Å². The minimum absolute atomic E-state index is 0.0191. The molecule has 2 saturated heterocycles. The van der Waals surface area contributed by atoms with Gasteiger partial charge in [-0.2, -0.15) is 10.3 Å². The van der Waals surface area contributed by atoms with Crippen LogP contribution in [0.5, 0.6) is 0 Å². The molecule has 0 radical (unpaired) electrons. The maximum Gasteiger partial charge on any atom is 0.242 e. The molecule has 0 saturated carbocycles. The topological polar surface area (TPSA) is 69.0 Å². The molecule has 0 unspecified atom stereocenters. The van der Waals surface area contributed by atoms with E-state index in [4.69, 9.17) is 9.57 Å². The highest BCUT2D eigenvalue weighted by Crippen LogP contribution is 2.32. The van der Waals surface area contributed by atoms with Crippen LogP contribution in [0.1, 0.15) is 35.1 Å². The van der Waals surface area contributed by atoms with Crippen molar-refractivity contribution in [1.82, 2.24) is 15.1 Å². The van der Waals surface area contributed by atoms with Gasteiger partial charge in [-0.3, -0.25) is 9.80 Å². The fraction of sp³-hybridized carbons (Fsp3) is 0.636. The summed E-state index contributed by atoms with van der Waals surface area (Å²) in [4.78, 5) is 19.0. The van der Waals surface area contributed by atoms with E-state index < -0.39 is 5.54 Å². The Morgan fingerprint density at radius 1 is 1.17 bits per heavy atom. The molecule has 1 aromatic rings. The number of nitrogens with zero attached hydrogens (tertiary/aromatic N) is 4. The van der Waals surface area contributed by atoms with E-state index in [0.29, 0.717) is 58.7 Å². The van der Waals surface area contributed by atoms with Crippen molar-refractivity contribution in [3.8, 4) is 6.07 Å². The Kier molecular flexibility index (Phi) is 6.91. The Labute approximate surface area is 173 Å². The number of benzene rings is 1. The molecule has 1 amide bonds. The zero-order chi connectivity index (χ0) is 21.0. The van der Waals surface area contributed by atoms with Gasteiger partial charge in [0.2, 0.25) is 5.91 Å². The fourth-order valence-corrected chi connectivity index (χ4v) is 4.55. The molecule has 0 atom stereocenters. The SMILES string of the molecule is CON1CCC(C#N)(N(C(=O)Cc2c(C)cc(C)cc2C)N2CCOCC2)CC1. The lowest BCUT2D eigenvalue weighted by atomic mass is 9.87. The largest absolute Gasteiger partial charge is 0.379 e. The van der Waals surface area contributed by atoms with Crippen molar-refractivity contribution in [1.29, 1.82) is 5.26 Å². The van der Waals surface area contributed by atoms with Crippen LogP contribution in [0.15, 0.2) is 12.1 Å². The number of carbonyl (C=O) groups is 1. The zero-order valence-corrected chi connectivity index (χ0v) is 18.0. The Bertz CT molecular complexity index is 752. The Morgan fingerprint density at radius 2 is 1.76 bits per heavy atom. The molecule has 0 aromatic heterocycles. The van der Waals surface area contributed by atoms with E-state index in [2.05, 4.69) is 39.0 Å². The molecule has 2 heterocycles. The number of carbonyl (C=O) groups excluding carboxylic acids is 1. The third-order valence-electron chi connectivity index (χ3n) is 6.10. The summed E-state index contributed by atoms with van der Waals surface area (Å²) in [5.74, 6) is -0.0191. The number of piperidine rings is 1. The van der Waals surface area contributed by atoms with Gasteiger partial charge in [0.25, 0.3) is 0 Å². The van der Waals surface area contributed by atoms with Gasteiger partial charge in [0.15, 0.2) is 0 Å². The van der Waals surface area contributed by atoms with Crippen molar-refractivity contribution in [2.24, 2.45) is 0 Å². The summed E-state index contributed by atoms with van der Waals surface area (Å²) in [6.07, 6.45) is 1.42. The van der Waals surface area contributed by atoms with Crippen LogP contribution in [0.3, 0.4) is 0 Å². The Hall–Kier alpha value is -1.98. The van der Waals surface area contributed by atoms with Crippen LogP contribution in [-0.2, 0) is 20.8 Å². The highest BCUT2D eigenvalue weighted by atomic mass is 16.7. The summed E-state index contributed by atoms with van der Waals surface area (Å²) < 4.78 is 5.50. The standard InChI is InChI=1S/C22H32N4O3/c1-17-13-18(2)20(19(3)14-17)15-21(27)26(24-9-11-29-12-10-24)22(16-23)5-7-25(28-4)8-6-22/h13-14H,5-12,15H2,1-4H3. The third-order valence-corrected chi connectivity index (χ3v) is 6.10. The molecule has 2 aliphatic heterocycles. The van der Waals surface area contributed by atoms with Crippen molar-refractivity contribution in [2.75, 3.05) is 46.5 Å². The normalized spacial score (nSPS) is 20.2. The highest BCUT2D eigenvalue weighted by molar-refractivity contribution is 5.80. The zero-order valence-electron chi connectivity index (χ0n) is 18.0. The molecule has 0 spiro atoms. The van der Waals surface area contributed by atoms with Crippen LogP contribution in [0.25, 0.3) is 0 Å². The minimum Gasteiger partial charge on any atom is -0.379 e. The van der Waals surface area contributed by atoms with Crippen LogP contribution in [0.2, 0.25) is 0 Å². The molecule has 2 fully saturated rings. The van der Waals surface area contributed by atoms with Gasteiger partial charge >= 0.3 is 0 Å². The molecule has 7 heteroatoms. The molecule has 2 aliphatic rings. The van der Waals surface area contributed by atoms with Crippen molar-refractivity contribution in [3.63, 3.8) is 0 Å². The van der Waals surface area contributed by atoms with Gasteiger partial charge in [-0.25, -0.2) is 5.01 Å². The molecule has 3 rings (SSSR count). The number of aryl methyl sites for hydroxylation is 3. The quantitative estimate of drug-likeness (QED) is 0.754. The summed E-state index contributed by atoms with van der Waals surface area (Å²) in [5.41, 5.74) is 3.65. The van der Waals surface area contributed by atoms with Crippen LogP contribution >= 0.6 is 0 Å². The van der Waals surface area contributed by atoms with Gasteiger partial charge in [0.05, 0.1) is 32.8 Å². The first-order chi connectivity index (χ1) is 13.9. The molecule has 158 valence electrons. The summed E-state index contributed by atoms with van der Waals surface area (Å²) >= 11 is 0. The van der Waals surface area contributed by atoms with Crippen molar-refractivity contribution < 1.29 is 14.4 Å². The highest BCUT2D eigenvalue weighted by Gasteiger charge is 2.46. The van der Waals surface area contributed by atoms with Gasteiger partial charge in [-0.15, -0.1) is 0 Å². The number of hydroxylamine groups is 2. The molecular formula is C22H32N4O3. The second kappa shape index (κ2) is 9.23. The average molecular weight is 401 g/mol. The third kappa shape index (κ3) is 4.62. The monoisotopic (exact) mass is 400 g/mol. The maximum atomic E-state index is 13.7. The summed E-state index contributed by atoms with van der Waals surface area (Å²) in [6, 6.07) is 6.74. The molecule has 7 nitrogen and oxygen atoms in total. The first kappa shape index (κ1) is 21.7. The van der Waals surface area contributed by atoms with Gasteiger partial charge in [-0.05, 0) is 37.5 Å². The fourth-order valence-electron chi connectivity index (χ4n) is 4.55. The predicted octanol–water partition coefficient (Wildman–Crippen LogP) is 2.15. The number of hydrogen-bond acceptors (Lipinski definition) is 6. The number of amides is 1. The van der Waals surface area contributed by atoms with Crippen LogP contribution in [0, 0.1) is 32.1 Å². The van der Waals surface area contributed by atoms with Gasteiger partial charge in [0.1, 0.15) is 5.54 Å². The van der Waals surface area contributed by atoms with Crippen molar-refractivity contribution in [3.05, 3.63) is 34.4 Å². The summed E-state index contributed by atoms with van der Waals surface area (Å²) in [6.45, 7) is 9.80. The van der Waals surface area contributed by atoms with Gasteiger partial charge in [0, 0.05) is 39.0 Å². The van der Waals surface area contributed by atoms with Crippen LogP contribution in [0.4, 0.5) is 0 Å². The second-order valence-electron chi connectivity index (χ2n) is 8.08. The van der Waals surface area contributed by atoms with E-state index in [9.17, 15) is 10.1 Å². The van der Waals surface area contributed by atoms with E-state index >= 15 is 0 Å². The minimum atomic E-state index is -0.851. The Morgan fingerprint density at radius 3 is 2.28 bits per heavy atom. The molecule has 0 bridgehead atoms. The number of hydrazine groups is 1. The number of rotatable bonds is 5. The van der Waals surface area contributed by atoms with Gasteiger partial charge < -0.3 is 9.57 Å². The van der Waals surface area contributed by atoms with Gasteiger partial charge in [-0.1, -0.05) is 17.7 Å². The number of nitriles is 1. The lowest BCUT2D eigenvalue weighted by molar-refractivity contribution is -0.195. The molecular weight excluding hydrogens is 368 g/mol. The summed E-state index contributed by atoms with van der Waals surface area (Å²) in [5, 5.41) is 15.8. The smallest absolute Gasteiger partial charge is 0.242 e. The first-order valence-electron chi connectivity index (χ1n) is 10.3. The number of hydrogen-bond donors (Lipinski definition) is 0. The molecule has 0 aliphatic carbocycles. The lowest BCUT2D eigenvalue weighted by Gasteiger charge is -2.49. The first-order valence-corrected chi connectivity index (χ1v) is 10.3. The second-order valence-corrected chi connectivity index (χ2v) is 8.08. The Balaban J connectivity index is 1.91. The van der Waals surface area contributed by atoms with E-state index in [1.807, 2.05) is 10.1 Å². The van der Waals surface area contributed by atoms with Crippen molar-refractivity contribution >= 4 is 5.91 Å². The molecule has 29 heavy (non-hydrogen) atoms. The molecule has 1 aromatic carbocycles.